The second-order valence-corrected chi connectivity index (χ2v) is 7.55. The molecule has 0 radical (unpaired) electrons. The van der Waals surface area contributed by atoms with Gasteiger partial charge in [-0.1, -0.05) is 35.7 Å². The Kier molecular flexibility index (Phi) is 5.69. The van der Waals surface area contributed by atoms with E-state index in [-0.39, 0.29) is 5.91 Å². The summed E-state index contributed by atoms with van der Waals surface area (Å²) < 4.78 is 1.94. The molecule has 104 valence electrons. The summed E-state index contributed by atoms with van der Waals surface area (Å²) in [5.74, 6) is 1.50. The molecule has 1 amide bonds. The van der Waals surface area contributed by atoms with Gasteiger partial charge in [0.05, 0.1) is 5.56 Å². The van der Waals surface area contributed by atoms with Crippen molar-refractivity contribution in [1.82, 2.24) is 5.32 Å². The van der Waals surface area contributed by atoms with Crippen LogP contribution in [0.3, 0.4) is 0 Å². The number of amides is 1. The van der Waals surface area contributed by atoms with Crippen molar-refractivity contribution in [3.63, 3.8) is 0 Å². The summed E-state index contributed by atoms with van der Waals surface area (Å²) in [6.45, 7) is 3.12. The summed E-state index contributed by atoms with van der Waals surface area (Å²) in [5.41, 5.74) is 0.763. The number of hydrogen-bond acceptors (Lipinski definition) is 1. The molecular formula is C15H19BrINO. The largest absolute Gasteiger partial charge is 0.352 e. The van der Waals surface area contributed by atoms with Crippen LogP contribution in [0.1, 0.15) is 43.0 Å². The minimum Gasteiger partial charge on any atom is -0.352 e. The van der Waals surface area contributed by atoms with Crippen molar-refractivity contribution in [2.24, 2.45) is 11.8 Å². The maximum absolute atomic E-state index is 12.2. The van der Waals surface area contributed by atoms with E-state index in [0.29, 0.717) is 5.92 Å². The molecule has 19 heavy (non-hydrogen) atoms. The molecule has 1 saturated carbocycles. The van der Waals surface area contributed by atoms with Gasteiger partial charge in [0.1, 0.15) is 0 Å². The number of carbonyl (C=O) groups excluding carboxylic acids is 1. The third-order valence-electron chi connectivity index (χ3n) is 3.77. The molecule has 0 saturated heterocycles. The summed E-state index contributed by atoms with van der Waals surface area (Å²) in [6, 6.07) is 5.81. The van der Waals surface area contributed by atoms with Crippen LogP contribution in [0.15, 0.2) is 22.7 Å². The fourth-order valence-corrected chi connectivity index (χ4v) is 3.69. The molecule has 2 unspecified atom stereocenters. The summed E-state index contributed by atoms with van der Waals surface area (Å²) in [6.07, 6.45) is 5.14. The van der Waals surface area contributed by atoms with Crippen LogP contribution in [0.4, 0.5) is 0 Å². The average molecular weight is 436 g/mol. The first-order valence-electron chi connectivity index (χ1n) is 6.79. The highest BCUT2D eigenvalue weighted by atomic mass is 127. The minimum atomic E-state index is 0.0453. The zero-order chi connectivity index (χ0) is 13.8. The Morgan fingerprint density at radius 1 is 1.47 bits per heavy atom. The van der Waals surface area contributed by atoms with Crippen LogP contribution in [0, 0.1) is 15.4 Å². The highest BCUT2D eigenvalue weighted by molar-refractivity contribution is 14.1. The Morgan fingerprint density at radius 2 is 2.26 bits per heavy atom. The number of benzene rings is 1. The second-order valence-electron chi connectivity index (χ2n) is 5.47. The molecule has 0 spiro atoms. The van der Waals surface area contributed by atoms with Crippen molar-refractivity contribution < 1.29 is 4.79 Å². The van der Waals surface area contributed by atoms with Gasteiger partial charge in [0, 0.05) is 14.6 Å². The first kappa shape index (κ1) is 15.3. The number of carbonyl (C=O) groups is 1. The molecule has 2 atom stereocenters. The number of nitrogens with one attached hydrogen (secondary N) is 1. The number of halogens is 2. The lowest BCUT2D eigenvalue weighted by atomic mass is 9.82. The Balaban J connectivity index is 1.92. The van der Waals surface area contributed by atoms with E-state index in [0.717, 1.165) is 26.1 Å². The van der Waals surface area contributed by atoms with Gasteiger partial charge in [-0.25, -0.2) is 0 Å². The molecule has 4 heteroatoms. The summed E-state index contributed by atoms with van der Waals surface area (Å²) in [4.78, 5) is 12.2. The minimum absolute atomic E-state index is 0.0453. The number of hydrogen-bond donors (Lipinski definition) is 1. The maximum Gasteiger partial charge on any atom is 0.252 e. The quantitative estimate of drug-likeness (QED) is 0.690. The first-order valence-corrected chi connectivity index (χ1v) is 8.66. The van der Waals surface area contributed by atoms with Crippen molar-refractivity contribution in [3.8, 4) is 0 Å². The van der Waals surface area contributed by atoms with E-state index in [2.05, 4.69) is 50.8 Å². The van der Waals surface area contributed by atoms with Crippen molar-refractivity contribution in [1.29, 1.82) is 0 Å². The molecular weight excluding hydrogens is 417 g/mol. The van der Waals surface area contributed by atoms with Crippen LogP contribution in [0.5, 0.6) is 0 Å². The van der Waals surface area contributed by atoms with Gasteiger partial charge in [-0.15, -0.1) is 0 Å². The Hall–Kier alpha value is -0.100. The van der Waals surface area contributed by atoms with Gasteiger partial charge in [-0.05, 0) is 65.5 Å². The topological polar surface area (TPSA) is 29.1 Å². The summed E-state index contributed by atoms with van der Waals surface area (Å²) in [7, 11) is 0. The van der Waals surface area contributed by atoms with E-state index in [4.69, 9.17) is 0 Å². The van der Waals surface area contributed by atoms with Crippen LogP contribution in [-0.4, -0.2) is 12.5 Å². The van der Waals surface area contributed by atoms with Gasteiger partial charge in [0.25, 0.3) is 5.91 Å². The normalized spacial score (nSPS) is 23.1. The van der Waals surface area contributed by atoms with E-state index in [1.165, 1.54) is 25.7 Å². The fourth-order valence-electron chi connectivity index (χ4n) is 2.75. The van der Waals surface area contributed by atoms with Crippen molar-refractivity contribution in [3.05, 3.63) is 31.8 Å². The average Bonchev–Trinajstić information content (AvgIpc) is 2.39. The van der Waals surface area contributed by atoms with Gasteiger partial charge in [0.15, 0.2) is 0 Å². The molecule has 1 fully saturated rings. The standard InChI is InChI=1S/C15H19BrINO/c1-10-3-2-4-11(7-10)9-18-15(19)13-8-12(16)5-6-14(13)17/h5-6,8,10-11H,2-4,7,9H2,1H3,(H,18,19). The Labute approximate surface area is 137 Å². The van der Waals surface area contributed by atoms with Crippen LogP contribution in [-0.2, 0) is 0 Å². The van der Waals surface area contributed by atoms with Crippen molar-refractivity contribution in [2.45, 2.75) is 32.6 Å². The lowest BCUT2D eigenvalue weighted by molar-refractivity contribution is 0.0939. The van der Waals surface area contributed by atoms with Crippen LogP contribution >= 0.6 is 38.5 Å². The maximum atomic E-state index is 12.2. The molecule has 0 aliphatic heterocycles. The first-order chi connectivity index (χ1) is 9.06. The van der Waals surface area contributed by atoms with Crippen LogP contribution < -0.4 is 5.32 Å². The van der Waals surface area contributed by atoms with E-state index < -0.39 is 0 Å². The van der Waals surface area contributed by atoms with Gasteiger partial charge in [-0.2, -0.15) is 0 Å². The third kappa shape index (κ3) is 4.45. The lowest BCUT2D eigenvalue weighted by Crippen LogP contribution is -2.31. The van der Waals surface area contributed by atoms with Gasteiger partial charge in [0.2, 0.25) is 0 Å². The zero-order valence-electron chi connectivity index (χ0n) is 11.1. The zero-order valence-corrected chi connectivity index (χ0v) is 14.8. The van der Waals surface area contributed by atoms with E-state index >= 15 is 0 Å². The predicted molar refractivity (Wildman–Crippen MR) is 90.3 cm³/mol. The third-order valence-corrected chi connectivity index (χ3v) is 5.20. The SMILES string of the molecule is CC1CCCC(CNC(=O)c2cc(Br)ccc2I)C1. The molecule has 2 rings (SSSR count). The molecule has 1 aromatic rings. The predicted octanol–water partition coefficient (Wildman–Crippen LogP) is 4.61. The van der Waals surface area contributed by atoms with Crippen molar-refractivity contribution in [2.75, 3.05) is 6.54 Å². The van der Waals surface area contributed by atoms with Gasteiger partial charge >= 0.3 is 0 Å². The van der Waals surface area contributed by atoms with E-state index in [1.54, 1.807) is 0 Å². The van der Waals surface area contributed by atoms with Gasteiger partial charge < -0.3 is 5.32 Å². The van der Waals surface area contributed by atoms with E-state index in [1.807, 2.05) is 18.2 Å². The summed E-state index contributed by atoms with van der Waals surface area (Å²) in [5, 5.41) is 3.09. The molecule has 0 aromatic heterocycles. The van der Waals surface area contributed by atoms with Crippen molar-refractivity contribution >= 4 is 44.4 Å². The molecule has 0 heterocycles. The van der Waals surface area contributed by atoms with Gasteiger partial charge in [-0.3, -0.25) is 4.79 Å². The molecule has 1 aliphatic rings. The molecule has 1 aromatic carbocycles. The molecule has 2 nitrogen and oxygen atoms in total. The highest BCUT2D eigenvalue weighted by Gasteiger charge is 2.20. The Morgan fingerprint density at radius 3 is 3.00 bits per heavy atom. The van der Waals surface area contributed by atoms with Crippen LogP contribution in [0.25, 0.3) is 0 Å². The number of rotatable bonds is 3. The Bertz CT molecular complexity index is 463. The monoisotopic (exact) mass is 435 g/mol. The molecule has 1 aliphatic carbocycles. The van der Waals surface area contributed by atoms with E-state index in [9.17, 15) is 4.79 Å². The van der Waals surface area contributed by atoms with Crippen LogP contribution in [0.2, 0.25) is 0 Å². The smallest absolute Gasteiger partial charge is 0.252 e. The summed E-state index contributed by atoms with van der Waals surface area (Å²) >= 11 is 5.62. The lowest BCUT2D eigenvalue weighted by Gasteiger charge is -2.26. The highest BCUT2D eigenvalue weighted by Crippen LogP contribution is 2.28. The molecule has 0 bridgehead atoms. The fraction of sp³-hybridized carbons (Fsp3) is 0.533. The second kappa shape index (κ2) is 7.07. The molecule has 1 N–H and O–H groups in total.